The quantitative estimate of drug-likeness (QED) is 0.415. The molecule has 0 aliphatic carbocycles. The van der Waals surface area contributed by atoms with Gasteiger partial charge in [-0.15, -0.1) is 0 Å². The van der Waals surface area contributed by atoms with Gasteiger partial charge in [-0.25, -0.2) is 0 Å². The van der Waals surface area contributed by atoms with Gasteiger partial charge in [0.05, 0.1) is 0 Å². The van der Waals surface area contributed by atoms with E-state index in [-0.39, 0.29) is 8.46 Å². The van der Waals surface area contributed by atoms with Crippen molar-refractivity contribution in [2.45, 2.75) is 5.85 Å². The zero-order valence-corrected chi connectivity index (χ0v) is 4.06. The average molecular weight is 104 g/mol. The van der Waals surface area contributed by atoms with Crippen molar-refractivity contribution in [3.05, 3.63) is 12.7 Å². The first-order valence-corrected chi connectivity index (χ1v) is 2.32. The highest BCUT2D eigenvalue weighted by Crippen LogP contribution is 1.99. The van der Waals surface area contributed by atoms with Gasteiger partial charge < -0.3 is 5.11 Å². The van der Waals surface area contributed by atoms with Crippen molar-refractivity contribution in [3.8, 4) is 0 Å². The van der Waals surface area contributed by atoms with Crippen LogP contribution in [0, 0.1) is 0 Å². The Morgan fingerprint density at radius 1 is 2.00 bits per heavy atom. The summed E-state index contributed by atoms with van der Waals surface area (Å²) in [5, 5.41) is 8.22. The maximum Gasteiger partial charge on any atom is 0.191 e. The van der Waals surface area contributed by atoms with Crippen LogP contribution in [-0.2, 0) is 4.57 Å². The van der Waals surface area contributed by atoms with Gasteiger partial charge in [-0.1, -0.05) is 12.7 Å². The van der Waals surface area contributed by atoms with Crippen molar-refractivity contribution < 1.29 is 9.67 Å². The Hall–Kier alpha value is -0.200. The lowest BCUT2D eigenvalue weighted by atomic mass is 10.7. The molecule has 0 aliphatic heterocycles. The standard InChI is InChI=1S/C3H5O2P/c1-2-3(4)6-5/h2-4H,1H2. The van der Waals surface area contributed by atoms with E-state index >= 15 is 0 Å². The Morgan fingerprint density at radius 3 is 2.50 bits per heavy atom. The van der Waals surface area contributed by atoms with Gasteiger partial charge >= 0.3 is 0 Å². The summed E-state index contributed by atoms with van der Waals surface area (Å²) in [6.07, 6.45) is 1.20. The Kier molecular flexibility index (Phi) is 2.91. The Balaban J connectivity index is 3.21. The second-order valence-electron chi connectivity index (χ2n) is 0.755. The molecule has 0 heterocycles. The molecule has 0 saturated carbocycles. The molecule has 0 saturated heterocycles. The van der Waals surface area contributed by atoms with Gasteiger partial charge in [-0.05, 0) is 0 Å². The van der Waals surface area contributed by atoms with Gasteiger partial charge in [0, 0.05) is 0 Å². The number of hydrogen-bond acceptors (Lipinski definition) is 2. The summed E-state index contributed by atoms with van der Waals surface area (Å²) in [6.45, 7) is 3.17. The van der Waals surface area contributed by atoms with Crippen LogP contribution in [0.15, 0.2) is 12.7 Å². The van der Waals surface area contributed by atoms with Crippen LogP contribution in [0.3, 0.4) is 0 Å². The highest BCUT2D eigenvalue weighted by atomic mass is 31.1. The fourth-order valence-corrected chi connectivity index (χ4v) is 0.129. The van der Waals surface area contributed by atoms with Crippen LogP contribution in [-0.4, -0.2) is 11.0 Å². The highest BCUT2D eigenvalue weighted by molar-refractivity contribution is 7.24. The van der Waals surface area contributed by atoms with Crippen molar-refractivity contribution in [2.24, 2.45) is 0 Å². The smallest absolute Gasteiger partial charge is 0.191 e. The normalized spacial score (nSPS) is 14.2. The van der Waals surface area contributed by atoms with E-state index < -0.39 is 5.85 Å². The number of aliphatic hydroxyl groups excluding tert-OH is 1. The van der Waals surface area contributed by atoms with E-state index in [0.29, 0.717) is 0 Å². The second-order valence-corrected chi connectivity index (χ2v) is 1.49. The van der Waals surface area contributed by atoms with E-state index in [1.54, 1.807) is 0 Å². The van der Waals surface area contributed by atoms with Gasteiger partial charge in [0.1, 0.15) is 0 Å². The minimum atomic E-state index is -0.884. The van der Waals surface area contributed by atoms with Gasteiger partial charge in [0.25, 0.3) is 0 Å². The van der Waals surface area contributed by atoms with Gasteiger partial charge in [-0.2, -0.15) is 0 Å². The van der Waals surface area contributed by atoms with E-state index in [4.69, 9.17) is 5.11 Å². The first kappa shape index (κ1) is 5.80. The van der Waals surface area contributed by atoms with E-state index in [1.807, 2.05) is 0 Å². The molecule has 2 nitrogen and oxygen atoms in total. The van der Waals surface area contributed by atoms with E-state index in [0.717, 1.165) is 0 Å². The SMILES string of the molecule is C=CC(O)P=O. The van der Waals surface area contributed by atoms with Crippen molar-refractivity contribution in [2.75, 3.05) is 0 Å². The molecule has 3 heteroatoms. The summed E-state index contributed by atoms with van der Waals surface area (Å²) in [6, 6.07) is 0. The first-order chi connectivity index (χ1) is 2.81. The maximum atomic E-state index is 9.51. The predicted molar refractivity (Wildman–Crippen MR) is 23.8 cm³/mol. The predicted octanol–water partition coefficient (Wildman–Crippen LogP) is 0.782. The molecular weight excluding hydrogens is 99.0 g/mol. The molecule has 6 heavy (non-hydrogen) atoms. The van der Waals surface area contributed by atoms with Crippen molar-refractivity contribution in [1.29, 1.82) is 0 Å². The molecule has 0 aliphatic rings. The highest BCUT2D eigenvalue weighted by Gasteiger charge is 1.88. The molecule has 0 radical (unpaired) electrons. The minimum absolute atomic E-state index is 0.284. The van der Waals surface area contributed by atoms with E-state index in [1.165, 1.54) is 6.08 Å². The lowest BCUT2D eigenvalue weighted by Crippen LogP contribution is -1.84. The van der Waals surface area contributed by atoms with Crippen molar-refractivity contribution >= 4 is 8.46 Å². The summed E-state index contributed by atoms with van der Waals surface area (Å²) in [4.78, 5) is 0. The van der Waals surface area contributed by atoms with Crippen LogP contribution in [0.4, 0.5) is 0 Å². The minimum Gasteiger partial charge on any atom is -0.377 e. The first-order valence-electron chi connectivity index (χ1n) is 1.44. The fraction of sp³-hybridized carbons (Fsp3) is 0.333. The van der Waals surface area contributed by atoms with Crippen LogP contribution in [0.1, 0.15) is 0 Å². The lowest BCUT2D eigenvalue weighted by molar-refractivity contribution is 0.302. The molecule has 0 fully saturated rings. The molecule has 0 aromatic rings. The summed E-state index contributed by atoms with van der Waals surface area (Å²) in [5.41, 5.74) is 0. The lowest BCUT2D eigenvalue weighted by Gasteiger charge is -1.82. The third kappa shape index (κ3) is 2.06. The summed E-state index contributed by atoms with van der Waals surface area (Å²) >= 11 is 0. The largest absolute Gasteiger partial charge is 0.377 e. The van der Waals surface area contributed by atoms with Gasteiger partial charge in [0.2, 0.25) is 0 Å². The molecule has 1 unspecified atom stereocenters. The molecule has 0 amide bonds. The molecule has 34 valence electrons. The molecule has 0 aromatic heterocycles. The van der Waals surface area contributed by atoms with E-state index in [9.17, 15) is 4.57 Å². The second kappa shape index (κ2) is 3.01. The number of aliphatic hydroxyl groups is 1. The summed E-state index contributed by atoms with van der Waals surface area (Å²) in [7, 11) is -0.284. The molecule has 1 atom stereocenters. The third-order valence-corrected chi connectivity index (χ3v) is 0.746. The van der Waals surface area contributed by atoms with Crippen LogP contribution < -0.4 is 0 Å². The maximum absolute atomic E-state index is 9.51. The molecule has 0 bridgehead atoms. The third-order valence-electron chi connectivity index (χ3n) is 0.319. The Bertz CT molecular complexity index is 53.8. The van der Waals surface area contributed by atoms with Crippen LogP contribution in [0.25, 0.3) is 0 Å². The monoisotopic (exact) mass is 104 g/mol. The Morgan fingerprint density at radius 2 is 2.50 bits per heavy atom. The molecule has 0 rings (SSSR count). The topological polar surface area (TPSA) is 37.3 Å². The zero-order valence-electron chi connectivity index (χ0n) is 3.16. The van der Waals surface area contributed by atoms with Crippen molar-refractivity contribution in [3.63, 3.8) is 0 Å². The summed E-state index contributed by atoms with van der Waals surface area (Å²) in [5.74, 6) is -0.884. The molecule has 0 aromatic carbocycles. The molecular formula is C3H5O2P. The summed E-state index contributed by atoms with van der Waals surface area (Å²) < 4.78 is 9.51. The van der Waals surface area contributed by atoms with Crippen LogP contribution >= 0.6 is 8.46 Å². The fourth-order valence-electron chi connectivity index (χ4n) is 0.0430. The van der Waals surface area contributed by atoms with Gasteiger partial charge in [-0.3, -0.25) is 4.57 Å². The van der Waals surface area contributed by atoms with Crippen molar-refractivity contribution in [1.82, 2.24) is 0 Å². The molecule has 1 N–H and O–H groups in total. The average Bonchev–Trinajstić information content (AvgIpc) is 1.65. The zero-order chi connectivity index (χ0) is 4.99. The number of hydrogen-bond donors (Lipinski definition) is 1. The van der Waals surface area contributed by atoms with Gasteiger partial charge in [0.15, 0.2) is 14.3 Å². The number of rotatable bonds is 2. The van der Waals surface area contributed by atoms with Crippen LogP contribution in [0.5, 0.6) is 0 Å². The Labute approximate surface area is 37.7 Å². The molecule has 0 spiro atoms. The van der Waals surface area contributed by atoms with Crippen LogP contribution in [0.2, 0.25) is 0 Å². The van der Waals surface area contributed by atoms with E-state index in [2.05, 4.69) is 6.58 Å².